The summed E-state index contributed by atoms with van der Waals surface area (Å²) in [4.78, 5) is 24.1. The number of aromatic carboxylic acids is 1. The second-order valence-corrected chi connectivity index (χ2v) is 5.36. The molecule has 0 aliphatic rings. The van der Waals surface area contributed by atoms with E-state index in [9.17, 15) is 9.59 Å². The van der Waals surface area contributed by atoms with Gasteiger partial charge in [0.2, 0.25) is 0 Å². The lowest BCUT2D eigenvalue weighted by Gasteiger charge is -2.01. The third kappa shape index (κ3) is 2.44. The number of thiophene rings is 2. The van der Waals surface area contributed by atoms with Crippen molar-refractivity contribution in [2.45, 2.75) is 6.92 Å². The summed E-state index contributed by atoms with van der Waals surface area (Å²) >= 11 is 2.40. The molecule has 0 unspecified atom stereocenters. The highest BCUT2D eigenvalue weighted by Gasteiger charge is 2.21. The number of hydrogen-bond donors (Lipinski definition) is 1. The molecule has 0 spiro atoms. The predicted molar refractivity (Wildman–Crippen MR) is 70.5 cm³/mol. The summed E-state index contributed by atoms with van der Waals surface area (Å²) in [5.74, 6) is -1.51. The van der Waals surface area contributed by atoms with Crippen LogP contribution in [0.5, 0.6) is 0 Å². The van der Waals surface area contributed by atoms with Crippen molar-refractivity contribution in [1.29, 1.82) is 0 Å². The molecule has 4 nitrogen and oxygen atoms in total. The maximum atomic E-state index is 11.8. The van der Waals surface area contributed by atoms with Gasteiger partial charge in [0, 0.05) is 10.4 Å². The predicted octanol–water partition coefficient (Wildman–Crippen LogP) is 3.35. The maximum absolute atomic E-state index is 11.8. The topological polar surface area (TPSA) is 63.6 Å². The number of esters is 1. The highest BCUT2D eigenvalue weighted by atomic mass is 32.1. The molecule has 0 saturated carbocycles. The van der Waals surface area contributed by atoms with Gasteiger partial charge in [-0.1, -0.05) is 6.07 Å². The van der Waals surface area contributed by atoms with Gasteiger partial charge < -0.3 is 9.84 Å². The van der Waals surface area contributed by atoms with E-state index in [1.807, 2.05) is 17.5 Å². The van der Waals surface area contributed by atoms with Gasteiger partial charge in [-0.15, -0.1) is 22.7 Å². The third-order valence-corrected chi connectivity index (χ3v) is 4.20. The number of carbonyl (C=O) groups excluding carboxylic acids is 1. The van der Waals surface area contributed by atoms with Gasteiger partial charge in [-0.3, -0.25) is 0 Å². The van der Waals surface area contributed by atoms with Crippen LogP contribution in [0, 0.1) is 0 Å². The van der Waals surface area contributed by atoms with Gasteiger partial charge in [0.05, 0.1) is 6.61 Å². The first-order valence-electron chi connectivity index (χ1n) is 5.21. The van der Waals surface area contributed by atoms with Crippen molar-refractivity contribution in [2.75, 3.05) is 6.61 Å². The van der Waals surface area contributed by atoms with Crippen molar-refractivity contribution in [3.8, 4) is 10.4 Å². The summed E-state index contributed by atoms with van der Waals surface area (Å²) in [5, 5.41) is 10.9. The number of carbonyl (C=O) groups is 2. The summed E-state index contributed by atoms with van der Waals surface area (Å²) in [6.45, 7) is 1.98. The number of ether oxygens (including phenoxy) is 1. The van der Waals surface area contributed by atoms with Crippen molar-refractivity contribution >= 4 is 34.6 Å². The van der Waals surface area contributed by atoms with Crippen molar-refractivity contribution in [1.82, 2.24) is 0 Å². The SMILES string of the molecule is CCOC(=O)c1sc(C(=O)O)cc1-c1cccs1. The van der Waals surface area contributed by atoms with E-state index < -0.39 is 11.9 Å². The lowest BCUT2D eigenvalue weighted by atomic mass is 10.2. The minimum absolute atomic E-state index is 0.140. The standard InChI is InChI=1S/C12H10O4S2/c1-2-16-12(15)10-7(8-4-3-5-17-8)6-9(18-10)11(13)14/h3-6H,2H2,1H3,(H,13,14). The fraction of sp³-hybridized carbons (Fsp3) is 0.167. The minimum atomic E-state index is -1.03. The van der Waals surface area contributed by atoms with E-state index in [1.54, 1.807) is 6.92 Å². The Balaban J connectivity index is 2.49. The van der Waals surface area contributed by atoms with Crippen LogP contribution in [-0.4, -0.2) is 23.7 Å². The first-order valence-corrected chi connectivity index (χ1v) is 6.91. The highest BCUT2D eigenvalue weighted by Crippen LogP contribution is 2.34. The summed E-state index contributed by atoms with van der Waals surface area (Å²) < 4.78 is 4.94. The highest BCUT2D eigenvalue weighted by molar-refractivity contribution is 7.17. The molecule has 18 heavy (non-hydrogen) atoms. The molecule has 0 bridgehead atoms. The fourth-order valence-corrected chi connectivity index (χ4v) is 3.18. The van der Waals surface area contributed by atoms with E-state index in [4.69, 9.17) is 9.84 Å². The lowest BCUT2D eigenvalue weighted by Crippen LogP contribution is -2.03. The zero-order valence-electron chi connectivity index (χ0n) is 9.50. The first-order chi connectivity index (χ1) is 8.63. The molecule has 2 aromatic rings. The molecule has 0 aliphatic carbocycles. The van der Waals surface area contributed by atoms with Crippen LogP contribution in [0.25, 0.3) is 10.4 Å². The number of carboxylic acids is 1. The van der Waals surface area contributed by atoms with Gasteiger partial charge in [-0.25, -0.2) is 9.59 Å². The minimum Gasteiger partial charge on any atom is -0.477 e. The Hall–Kier alpha value is -1.66. The van der Waals surface area contributed by atoms with Gasteiger partial charge in [0.15, 0.2) is 0 Å². The van der Waals surface area contributed by atoms with Crippen LogP contribution in [0.1, 0.15) is 26.3 Å². The van der Waals surface area contributed by atoms with E-state index in [-0.39, 0.29) is 11.5 Å². The molecule has 1 N–H and O–H groups in total. The molecular weight excluding hydrogens is 272 g/mol. The van der Waals surface area contributed by atoms with E-state index in [1.165, 1.54) is 17.4 Å². The molecule has 0 aliphatic heterocycles. The number of hydrogen-bond acceptors (Lipinski definition) is 5. The number of rotatable bonds is 4. The van der Waals surface area contributed by atoms with Gasteiger partial charge in [-0.2, -0.15) is 0 Å². The average Bonchev–Trinajstić information content (AvgIpc) is 2.98. The van der Waals surface area contributed by atoms with E-state index in [2.05, 4.69) is 0 Å². The molecule has 0 saturated heterocycles. The van der Waals surface area contributed by atoms with Crippen molar-refractivity contribution in [3.05, 3.63) is 33.3 Å². The number of carboxylic acid groups (broad SMARTS) is 1. The Labute approximate surface area is 111 Å². The van der Waals surface area contributed by atoms with Crippen LogP contribution in [-0.2, 0) is 4.74 Å². The molecule has 2 heterocycles. The second kappa shape index (κ2) is 5.32. The third-order valence-electron chi connectivity index (χ3n) is 2.19. The maximum Gasteiger partial charge on any atom is 0.348 e. The average molecular weight is 282 g/mol. The van der Waals surface area contributed by atoms with Crippen LogP contribution >= 0.6 is 22.7 Å². The Morgan fingerprint density at radius 3 is 2.78 bits per heavy atom. The van der Waals surface area contributed by atoms with Gasteiger partial charge in [-0.05, 0) is 24.4 Å². The van der Waals surface area contributed by atoms with E-state index in [0.717, 1.165) is 16.2 Å². The van der Waals surface area contributed by atoms with Crippen LogP contribution in [0.4, 0.5) is 0 Å². The normalized spacial score (nSPS) is 10.3. The zero-order valence-corrected chi connectivity index (χ0v) is 11.1. The first kappa shape index (κ1) is 12.8. The Kier molecular flexibility index (Phi) is 3.78. The van der Waals surface area contributed by atoms with Crippen molar-refractivity contribution in [3.63, 3.8) is 0 Å². The monoisotopic (exact) mass is 282 g/mol. The summed E-state index contributed by atoms with van der Waals surface area (Å²) in [6, 6.07) is 5.22. The quantitative estimate of drug-likeness (QED) is 0.873. The molecule has 6 heteroatoms. The molecule has 2 rings (SSSR count). The molecule has 0 atom stereocenters. The molecular formula is C12H10O4S2. The molecule has 0 fully saturated rings. The van der Waals surface area contributed by atoms with E-state index >= 15 is 0 Å². The van der Waals surface area contributed by atoms with E-state index in [0.29, 0.717) is 10.4 Å². The molecule has 0 aromatic carbocycles. The van der Waals surface area contributed by atoms with Crippen molar-refractivity contribution < 1.29 is 19.4 Å². The van der Waals surface area contributed by atoms with Crippen LogP contribution in [0.15, 0.2) is 23.6 Å². The van der Waals surface area contributed by atoms with Crippen LogP contribution in [0.3, 0.4) is 0 Å². The molecule has 94 valence electrons. The summed E-state index contributed by atoms with van der Waals surface area (Å²) in [7, 11) is 0. The van der Waals surface area contributed by atoms with Crippen LogP contribution < -0.4 is 0 Å². The molecule has 0 radical (unpaired) electrons. The van der Waals surface area contributed by atoms with Gasteiger partial charge in [0.25, 0.3) is 0 Å². The Morgan fingerprint density at radius 1 is 1.44 bits per heavy atom. The summed E-state index contributed by atoms with van der Waals surface area (Å²) in [5.41, 5.74) is 0.630. The smallest absolute Gasteiger partial charge is 0.348 e. The Morgan fingerprint density at radius 2 is 2.22 bits per heavy atom. The molecule has 0 amide bonds. The van der Waals surface area contributed by atoms with Gasteiger partial charge >= 0.3 is 11.9 Å². The lowest BCUT2D eigenvalue weighted by molar-refractivity contribution is 0.0532. The largest absolute Gasteiger partial charge is 0.477 e. The van der Waals surface area contributed by atoms with Crippen molar-refractivity contribution in [2.24, 2.45) is 0 Å². The Bertz CT molecular complexity index is 569. The van der Waals surface area contributed by atoms with Gasteiger partial charge in [0.1, 0.15) is 9.75 Å². The summed E-state index contributed by atoms with van der Waals surface area (Å²) in [6.07, 6.45) is 0. The van der Waals surface area contributed by atoms with Crippen LogP contribution in [0.2, 0.25) is 0 Å². The molecule has 2 aromatic heterocycles. The zero-order chi connectivity index (χ0) is 13.1. The second-order valence-electron chi connectivity index (χ2n) is 3.36. The fourth-order valence-electron chi connectivity index (χ4n) is 1.46.